The predicted octanol–water partition coefficient (Wildman–Crippen LogP) is 3.58. The molecule has 0 unspecified atom stereocenters. The fourth-order valence-corrected chi connectivity index (χ4v) is 3.48. The number of alkyl halides is 2. The van der Waals surface area contributed by atoms with Gasteiger partial charge in [0.2, 0.25) is 0 Å². The normalized spacial score (nSPS) is 11.7. The molecule has 2 aromatic heterocycles. The molecule has 0 radical (unpaired) electrons. The Balaban J connectivity index is 2.09. The number of benzene rings is 1. The Hall–Kier alpha value is -3.38. The number of nitrogens with zero attached hydrogens (tertiary/aromatic N) is 3. The standard InChI is InChI=1S/C18H12F2N4O2S/c1-2-18(19,20)15-7-8-16(17-14(15)4-3-9-22-17)24-27(25,26)13-6-5-12(10-21)23-11-13/h2-9,11,24H,1H2. The quantitative estimate of drug-likeness (QED) is 0.676. The van der Waals surface area contributed by atoms with Crippen molar-refractivity contribution in [3.63, 3.8) is 0 Å². The van der Waals surface area contributed by atoms with Gasteiger partial charge in [-0.2, -0.15) is 14.0 Å². The molecule has 1 aromatic carbocycles. The zero-order valence-corrected chi connectivity index (χ0v) is 14.5. The van der Waals surface area contributed by atoms with E-state index in [0.717, 1.165) is 12.3 Å². The fraction of sp³-hybridized carbons (Fsp3) is 0.0556. The number of nitriles is 1. The smallest absolute Gasteiger partial charge is 0.277 e. The van der Waals surface area contributed by atoms with E-state index in [9.17, 15) is 17.2 Å². The van der Waals surface area contributed by atoms with Crippen molar-refractivity contribution in [1.29, 1.82) is 5.26 Å². The monoisotopic (exact) mass is 386 g/mol. The van der Waals surface area contributed by atoms with Crippen LogP contribution in [-0.2, 0) is 15.9 Å². The molecule has 0 spiro atoms. The van der Waals surface area contributed by atoms with E-state index in [2.05, 4.69) is 21.3 Å². The number of anilines is 1. The van der Waals surface area contributed by atoms with E-state index >= 15 is 0 Å². The maximum Gasteiger partial charge on any atom is 0.292 e. The molecule has 0 amide bonds. The van der Waals surface area contributed by atoms with Gasteiger partial charge < -0.3 is 0 Å². The zero-order valence-electron chi connectivity index (χ0n) is 13.7. The van der Waals surface area contributed by atoms with E-state index in [4.69, 9.17) is 5.26 Å². The molecule has 6 nitrogen and oxygen atoms in total. The number of pyridine rings is 2. The molecule has 9 heteroatoms. The van der Waals surface area contributed by atoms with Gasteiger partial charge in [0.1, 0.15) is 16.7 Å². The third-order valence-electron chi connectivity index (χ3n) is 3.79. The largest absolute Gasteiger partial charge is 0.292 e. The maximum atomic E-state index is 14.1. The van der Waals surface area contributed by atoms with Crippen LogP contribution in [-0.4, -0.2) is 18.4 Å². The van der Waals surface area contributed by atoms with Crippen molar-refractivity contribution >= 4 is 26.6 Å². The fourth-order valence-electron chi connectivity index (χ4n) is 2.46. The van der Waals surface area contributed by atoms with Crippen LogP contribution in [0.2, 0.25) is 0 Å². The van der Waals surface area contributed by atoms with Crippen molar-refractivity contribution in [3.8, 4) is 6.07 Å². The summed E-state index contributed by atoms with van der Waals surface area (Å²) in [5.41, 5.74) is -0.152. The summed E-state index contributed by atoms with van der Waals surface area (Å²) in [4.78, 5) is 7.59. The van der Waals surface area contributed by atoms with Crippen LogP contribution in [0.1, 0.15) is 11.3 Å². The van der Waals surface area contributed by atoms with Gasteiger partial charge in [-0.15, -0.1) is 0 Å². The second-order valence-corrected chi connectivity index (χ2v) is 7.17. The molecule has 136 valence electrons. The highest BCUT2D eigenvalue weighted by Gasteiger charge is 2.30. The van der Waals surface area contributed by atoms with Crippen LogP contribution >= 0.6 is 0 Å². The second kappa shape index (κ2) is 6.74. The van der Waals surface area contributed by atoms with Crippen molar-refractivity contribution in [1.82, 2.24) is 9.97 Å². The molecule has 2 heterocycles. The van der Waals surface area contributed by atoms with Crippen LogP contribution in [0.25, 0.3) is 10.9 Å². The SMILES string of the molecule is C=CC(F)(F)c1ccc(NS(=O)(=O)c2ccc(C#N)nc2)c2ncccc12. The number of fused-ring (bicyclic) bond motifs is 1. The summed E-state index contributed by atoms with van der Waals surface area (Å²) in [6.07, 6.45) is 2.93. The number of hydrogen-bond donors (Lipinski definition) is 1. The summed E-state index contributed by atoms with van der Waals surface area (Å²) < 4.78 is 55.6. The third kappa shape index (κ3) is 3.47. The molecule has 3 aromatic rings. The first-order valence-corrected chi connectivity index (χ1v) is 9.05. The van der Waals surface area contributed by atoms with Gasteiger partial charge in [-0.1, -0.05) is 12.6 Å². The number of halogens is 2. The Morgan fingerprint density at radius 1 is 1.19 bits per heavy atom. The molecule has 1 N–H and O–H groups in total. The molecule has 27 heavy (non-hydrogen) atoms. The van der Waals surface area contributed by atoms with E-state index in [1.165, 1.54) is 36.5 Å². The molecule has 0 aliphatic rings. The van der Waals surface area contributed by atoms with Gasteiger partial charge in [-0.3, -0.25) is 9.71 Å². The molecule has 3 rings (SSSR count). The van der Waals surface area contributed by atoms with Crippen LogP contribution in [0.4, 0.5) is 14.5 Å². The first-order valence-electron chi connectivity index (χ1n) is 7.57. The van der Waals surface area contributed by atoms with Gasteiger partial charge >= 0.3 is 0 Å². The summed E-state index contributed by atoms with van der Waals surface area (Å²) in [5, 5.41) is 8.84. The maximum absolute atomic E-state index is 14.1. The highest BCUT2D eigenvalue weighted by atomic mass is 32.2. The Morgan fingerprint density at radius 3 is 2.59 bits per heavy atom. The minimum atomic E-state index is -4.05. The van der Waals surface area contributed by atoms with Gasteiger partial charge in [0, 0.05) is 23.3 Å². The van der Waals surface area contributed by atoms with Crippen LogP contribution < -0.4 is 4.72 Å². The highest BCUT2D eigenvalue weighted by molar-refractivity contribution is 7.92. The molecule has 0 aliphatic carbocycles. The number of rotatable bonds is 5. The average molecular weight is 386 g/mol. The lowest BCUT2D eigenvalue weighted by molar-refractivity contribution is 0.0542. The average Bonchev–Trinajstić information content (AvgIpc) is 2.68. The third-order valence-corrected chi connectivity index (χ3v) is 5.14. The molecule has 0 aliphatic heterocycles. The molecular formula is C18H12F2N4O2S. The first-order chi connectivity index (χ1) is 12.8. The van der Waals surface area contributed by atoms with Crippen molar-refractivity contribution in [3.05, 3.63) is 72.7 Å². The minimum absolute atomic E-state index is 0.0403. The molecule has 0 bridgehead atoms. The van der Waals surface area contributed by atoms with E-state index in [1.54, 1.807) is 6.07 Å². The Kier molecular flexibility index (Phi) is 4.59. The summed E-state index contributed by atoms with van der Waals surface area (Å²) >= 11 is 0. The number of aromatic nitrogens is 2. The van der Waals surface area contributed by atoms with Crippen molar-refractivity contribution in [2.45, 2.75) is 10.8 Å². The predicted molar refractivity (Wildman–Crippen MR) is 95.6 cm³/mol. The summed E-state index contributed by atoms with van der Waals surface area (Å²) in [6.45, 7) is 3.14. The number of nitrogens with one attached hydrogen (secondary N) is 1. The molecular weight excluding hydrogens is 374 g/mol. The molecule has 0 saturated carbocycles. The van der Waals surface area contributed by atoms with Crippen molar-refractivity contribution in [2.75, 3.05) is 4.72 Å². The van der Waals surface area contributed by atoms with Gasteiger partial charge in [-0.05, 0) is 36.4 Å². The van der Waals surface area contributed by atoms with Crippen molar-refractivity contribution in [2.24, 2.45) is 0 Å². The van der Waals surface area contributed by atoms with E-state index < -0.39 is 15.9 Å². The molecule has 0 atom stereocenters. The number of hydrogen-bond acceptors (Lipinski definition) is 5. The lowest BCUT2D eigenvalue weighted by Gasteiger charge is -2.17. The van der Waals surface area contributed by atoms with Crippen LogP contribution in [0, 0.1) is 11.3 Å². The van der Waals surface area contributed by atoms with E-state index in [-0.39, 0.29) is 32.7 Å². The Labute approximate surface area is 153 Å². The molecule has 0 fully saturated rings. The summed E-state index contributed by atoms with van der Waals surface area (Å²) in [5.74, 6) is -3.30. The zero-order chi connectivity index (χ0) is 19.7. The summed E-state index contributed by atoms with van der Waals surface area (Å²) in [7, 11) is -4.05. The van der Waals surface area contributed by atoms with Gasteiger partial charge in [-0.25, -0.2) is 13.4 Å². The second-order valence-electron chi connectivity index (χ2n) is 5.48. The number of sulfonamides is 1. The topological polar surface area (TPSA) is 95.7 Å². The molecule has 0 saturated heterocycles. The highest BCUT2D eigenvalue weighted by Crippen LogP contribution is 2.36. The lowest BCUT2D eigenvalue weighted by Crippen LogP contribution is -2.15. The van der Waals surface area contributed by atoms with Crippen LogP contribution in [0.15, 0.2) is 66.3 Å². The van der Waals surface area contributed by atoms with Gasteiger partial charge in [0.25, 0.3) is 15.9 Å². The van der Waals surface area contributed by atoms with Crippen LogP contribution in [0.3, 0.4) is 0 Å². The Bertz CT molecular complexity index is 1170. The van der Waals surface area contributed by atoms with Gasteiger partial charge in [0.15, 0.2) is 0 Å². The number of allylic oxidation sites excluding steroid dienone is 1. The minimum Gasteiger partial charge on any atom is -0.277 e. The summed E-state index contributed by atoms with van der Waals surface area (Å²) in [6, 6.07) is 9.53. The Morgan fingerprint density at radius 2 is 1.96 bits per heavy atom. The van der Waals surface area contributed by atoms with E-state index in [0.29, 0.717) is 6.08 Å². The van der Waals surface area contributed by atoms with Crippen LogP contribution in [0.5, 0.6) is 0 Å². The van der Waals surface area contributed by atoms with Gasteiger partial charge in [0.05, 0.1) is 11.2 Å². The first kappa shape index (κ1) is 18.4. The van der Waals surface area contributed by atoms with E-state index in [1.807, 2.05) is 0 Å². The van der Waals surface area contributed by atoms with Crippen molar-refractivity contribution < 1.29 is 17.2 Å². The lowest BCUT2D eigenvalue weighted by atomic mass is 10.0.